The highest BCUT2D eigenvalue weighted by Crippen LogP contribution is 2.08. The first-order chi connectivity index (χ1) is 12.5. The lowest BCUT2D eigenvalue weighted by Gasteiger charge is -2.09. The van der Waals surface area contributed by atoms with Gasteiger partial charge in [-0.15, -0.1) is 0 Å². The number of carboxylic acids is 1. The van der Waals surface area contributed by atoms with Crippen LogP contribution in [0.5, 0.6) is 0 Å². The van der Waals surface area contributed by atoms with E-state index in [0.29, 0.717) is 5.69 Å². The van der Waals surface area contributed by atoms with Gasteiger partial charge in [-0.1, -0.05) is 30.3 Å². The van der Waals surface area contributed by atoms with Crippen molar-refractivity contribution in [3.8, 4) is 0 Å². The van der Waals surface area contributed by atoms with Crippen molar-refractivity contribution in [3.05, 3.63) is 65.7 Å². The van der Waals surface area contributed by atoms with Crippen molar-refractivity contribution in [2.75, 3.05) is 5.32 Å². The number of hydrogen-bond donors (Lipinski definition) is 4. The second kappa shape index (κ2) is 8.97. The molecule has 26 heavy (non-hydrogen) atoms. The molecular weight excluding hydrogens is 338 g/mol. The zero-order valence-corrected chi connectivity index (χ0v) is 13.7. The Morgan fingerprint density at radius 1 is 0.731 bits per heavy atom. The molecule has 4 N–H and O–H groups in total. The number of carbonyl (C=O) groups is 4. The van der Waals surface area contributed by atoms with E-state index in [-0.39, 0.29) is 29.9 Å². The van der Waals surface area contributed by atoms with Crippen LogP contribution in [0.15, 0.2) is 54.6 Å². The fraction of sp³-hybridized carbons (Fsp3) is 0.111. The van der Waals surface area contributed by atoms with E-state index < -0.39 is 17.8 Å². The number of aromatic carboxylic acids is 1. The van der Waals surface area contributed by atoms with Crippen molar-refractivity contribution < 1.29 is 24.3 Å². The number of rotatable bonds is 6. The average molecular weight is 355 g/mol. The summed E-state index contributed by atoms with van der Waals surface area (Å²) in [5.74, 6) is -2.92. The summed E-state index contributed by atoms with van der Waals surface area (Å²) in [6.45, 7) is 0. The lowest BCUT2D eigenvalue weighted by atomic mass is 10.1. The van der Waals surface area contributed by atoms with Gasteiger partial charge in [0.2, 0.25) is 11.8 Å². The van der Waals surface area contributed by atoms with Gasteiger partial charge in [0.25, 0.3) is 5.91 Å². The second-order valence-corrected chi connectivity index (χ2v) is 5.27. The summed E-state index contributed by atoms with van der Waals surface area (Å²) < 4.78 is 0. The van der Waals surface area contributed by atoms with Crippen LogP contribution in [-0.4, -0.2) is 28.8 Å². The first-order valence-electron chi connectivity index (χ1n) is 7.74. The Kier molecular flexibility index (Phi) is 6.44. The Labute approximate surface area is 149 Å². The molecule has 2 aromatic rings. The number of amides is 3. The van der Waals surface area contributed by atoms with Crippen molar-refractivity contribution >= 4 is 29.4 Å². The minimum Gasteiger partial charge on any atom is -0.478 e. The van der Waals surface area contributed by atoms with Crippen molar-refractivity contribution in [1.29, 1.82) is 0 Å². The van der Waals surface area contributed by atoms with Crippen LogP contribution in [0.3, 0.4) is 0 Å². The van der Waals surface area contributed by atoms with E-state index >= 15 is 0 Å². The molecule has 0 saturated heterocycles. The van der Waals surface area contributed by atoms with Crippen molar-refractivity contribution in [2.24, 2.45) is 0 Å². The first-order valence-corrected chi connectivity index (χ1v) is 7.74. The van der Waals surface area contributed by atoms with Crippen LogP contribution >= 0.6 is 0 Å². The van der Waals surface area contributed by atoms with Crippen LogP contribution in [0.2, 0.25) is 0 Å². The fourth-order valence-corrected chi connectivity index (χ4v) is 2.10. The van der Waals surface area contributed by atoms with Crippen molar-refractivity contribution in [3.63, 3.8) is 0 Å². The van der Waals surface area contributed by atoms with Gasteiger partial charge < -0.3 is 10.4 Å². The molecule has 0 aliphatic heterocycles. The van der Waals surface area contributed by atoms with E-state index in [2.05, 4.69) is 16.2 Å². The summed E-state index contributed by atoms with van der Waals surface area (Å²) in [7, 11) is 0. The molecule has 3 amide bonds. The Bertz CT molecular complexity index is 821. The van der Waals surface area contributed by atoms with Gasteiger partial charge in [-0.3, -0.25) is 25.2 Å². The van der Waals surface area contributed by atoms with Gasteiger partial charge in [0.1, 0.15) is 0 Å². The molecule has 0 unspecified atom stereocenters. The molecule has 0 spiro atoms. The molecule has 8 nitrogen and oxygen atoms in total. The number of benzene rings is 2. The molecular formula is C18H17N3O5. The Hall–Kier alpha value is -3.68. The van der Waals surface area contributed by atoms with Crippen molar-refractivity contribution in [1.82, 2.24) is 10.9 Å². The van der Waals surface area contributed by atoms with E-state index in [9.17, 15) is 19.2 Å². The standard InChI is InChI=1S/C18H17N3O5/c22-15(19-12-6-2-1-3-7-12)10-11-16(23)20-21-17(24)13-8-4-5-9-14(13)18(25)26/h1-9H,10-11H2,(H,19,22)(H,20,23)(H,21,24)(H,25,26). The summed E-state index contributed by atoms with van der Waals surface area (Å²) in [4.78, 5) is 46.6. The molecule has 0 fully saturated rings. The number of carbonyl (C=O) groups excluding carboxylic acids is 3. The highest BCUT2D eigenvalue weighted by atomic mass is 16.4. The van der Waals surface area contributed by atoms with E-state index in [0.717, 1.165) is 0 Å². The normalized spacial score (nSPS) is 9.85. The number of hydrogen-bond acceptors (Lipinski definition) is 4. The van der Waals surface area contributed by atoms with Gasteiger partial charge >= 0.3 is 5.97 Å². The number of anilines is 1. The molecule has 8 heteroatoms. The number of carboxylic acid groups (broad SMARTS) is 1. The third kappa shape index (κ3) is 5.45. The van der Waals surface area contributed by atoms with Gasteiger partial charge in [0, 0.05) is 18.5 Å². The summed E-state index contributed by atoms with van der Waals surface area (Å²) in [5.41, 5.74) is 4.65. The minimum absolute atomic E-state index is 0.0672. The molecule has 0 aliphatic carbocycles. The van der Waals surface area contributed by atoms with Crippen molar-refractivity contribution in [2.45, 2.75) is 12.8 Å². The molecule has 0 aliphatic rings. The van der Waals surface area contributed by atoms with E-state index in [1.807, 2.05) is 6.07 Å². The first kappa shape index (κ1) is 18.7. The van der Waals surface area contributed by atoms with Crippen LogP contribution < -0.4 is 16.2 Å². The van der Waals surface area contributed by atoms with E-state index in [1.54, 1.807) is 24.3 Å². The van der Waals surface area contributed by atoms with Crippen LogP contribution in [0.4, 0.5) is 5.69 Å². The summed E-state index contributed by atoms with van der Waals surface area (Å²) in [6, 6.07) is 14.4. The summed E-state index contributed by atoms with van der Waals surface area (Å²) in [6.07, 6.45) is -0.207. The second-order valence-electron chi connectivity index (χ2n) is 5.27. The number of para-hydroxylation sites is 1. The van der Waals surface area contributed by atoms with Crippen LogP contribution in [0.1, 0.15) is 33.6 Å². The zero-order chi connectivity index (χ0) is 18.9. The summed E-state index contributed by atoms with van der Waals surface area (Å²) in [5, 5.41) is 11.7. The molecule has 2 rings (SSSR count). The smallest absolute Gasteiger partial charge is 0.336 e. The van der Waals surface area contributed by atoms with Gasteiger partial charge in [0.15, 0.2) is 0 Å². The Balaban J connectivity index is 1.79. The molecule has 2 aromatic carbocycles. The maximum absolute atomic E-state index is 12.0. The molecule has 0 aromatic heterocycles. The molecule has 0 radical (unpaired) electrons. The fourth-order valence-electron chi connectivity index (χ4n) is 2.10. The molecule has 0 atom stereocenters. The Morgan fingerprint density at radius 3 is 1.96 bits per heavy atom. The SMILES string of the molecule is O=C(CCC(=O)Nc1ccccc1)NNC(=O)c1ccccc1C(=O)O. The largest absolute Gasteiger partial charge is 0.478 e. The number of hydrazine groups is 1. The maximum atomic E-state index is 12.0. The highest BCUT2D eigenvalue weighted by molar-refractivity contribution is 6.05. The van der Waals surface area contributed by atoms with Gasteiger partial charge in [-0.25, -0.2) is 4.79 Å². The van der Waals surface area contributed by atoms with E-state index in [1.165, 1.54) is 24.3 Å². The predicted molar refractivity (Wildman–Crippen MR) is 93.3 cm³/mol. The zero-order valence-electron chi connectivity index (χ0n) is 13.7. The quantitative estimate of drug-likeness (QED) is 0.585. The average Bonchev–Trinajstić information content (AvgIpc) is 2.65. The topological polar surface area (TPSA) is 125 Å². The maximum Gasteiger partial charge on any atom is 0.336 e. The van der Waals surface area contributed by atoms with Crippen LogP contribution in [0, 0.1) is 0 Å². The molecule has 134 valence electrons. The van der Waals surface area contributed by atoms with Crippen LogP contribution in [0.25, 0.3) is 0 Å². The minimum atomic E-state index is -1.25. The molecule has 0 saturated carbocycles. The van der Waals surface area contributed by atoms with Gasteiger partial charge in [-0.2, -0.15) is 0 Å². The van der Waals surface area contributed by atoms with Crippen LogP contribution in [-0.2, 0) is 9.59 Å². The third-order valence-electron chi connectivity index (χ3n) is 3.35. The summed E-state index contributed by atoms with van der Waals surface area (Å²) >= 11 is 0. The van der Waals surface area contributed by atoms with E-state index in [4.69, 9.17) is 5.11 Å². The number of nitrogens with one attached hydrogen (secondary N) is 3. The molecule has 0 bridgehead atoms. The van der Waals surface area contributed by atoms with Gasteiger partial charge in [-0.05, 0) is 24.3 Å². The lowest BCUT2D eigenvalue weighted by molar-refractivity contribution is -0.124. The van der Waals surface area contributed by atoms with Gasteiger partial charge in [0.05, 0.1) is 11.1 Å². The monoisotopic (exact) mass is 355 g/mol. The molecule has 0 heterocycles. The Morgan fingerprint density at radius 2 is 1.31 bits per heavy atom. The predicted octanol–water partition coefficient (Wildman–Crippen LogP) is 1.56. The third-order valence-corrected chi connectivity index (χ3v) is 3.35. The lowest BCUT2D eigenvalue weighted by Crippen LogP contribution is -2.42. The highest BCUT2D eigenvalue weighted by Gasteiger charge is 2.16.